The zero-order valence-corrected chi connectivity index (χ0v) is 70.7. The Bertz CT molecular complexity index is 5600. The molecule has 12 aromatic rings. The van der Waals surface area contributed by atoms with Crippen molar-refractivity contribution in [3.8, 4) is 51.2 Å². The zero-order chi connectivity index (χ0) is 83.3. The molecule has 1 unspecified atom stereocenters. The lowest BCUT2D eigenvalue weighted by atomic mass is 9.92. The van der Waals surface area contributed by atoms with E-state index in [2.05, 4.69) is 117 Å². The number of nitrogens with one attached hydrogen (secondary N) is 5. The van der Waals surface area contributed by atoms with Crippen LogP contribution in [0.25, 0.3) is 33.9 Å². The molecule has 1 atom stereocenters. The summed E-state index contributed by atoms with van der Waals surface area (Å²) in [6.45, 7) is 20.9. The molecule has 15 rings (SSSR count). The van der Waals surface area contributed by atoms with Crippen molar-refractivity contribution in [3.05, 3.63) is 295 Å². The number of carbonyl (C=O) groups is 4. The fraction of sp³-hybridized carbons (Fsp3) is 0.237. The van der Waals surface area contributed by atoms with E-state index < -0.39 is 16.3 Å². The topological polar surface area (TPSA) is 266 Å². The van der Waals surface area contributed by atoms with Gasteiger partial charge in [-0.2, -0.15) is 0 Å². The number of thioether (sulfide) groups is 1. The van der Waals surface area contributed by atoms with Gasteiger partial charge in [-0.15, -0.1) is 21.5 Å². The van der Waals surface area contributed by atoms with Gasteiger partial charge in [-0.3, -0.25) is 34.8 Å². The second kappa shape index (κ2) is 39.9. The molecule has 0 spiro atoms. The van der Waals surface area contributed by atoms with Gasteiger partial charge >= 0.3 is 5.97 Å². The van der Waals surface area contributed by atoms with Gasteiger partial charge in [-0.1, -0.05) is 105 Å². The van der Waals surface area contributed by atoms with E-state index in [1.54, 1.807) is 51.6 Å². The van der Waals surface area contributed by atoms with Gasteiger partial charge in [0.1, 0.15) is 58.1 Å². The number of fused-ring (bicyclic) bond motifs is 4. The lowest BCUT2D eigenvalue weighted by Crippen LogP contribution is -2.41. The molecule has 0 saturated carbocycles. The van der Waals surface area contributed by atoms with E-state index >= 15 is 0 Å². The Kier molecular flexibility index (Phi) is 29.2. The number of hydrogen-bond acceptors (Lipinski definition) is 20. The summed E-state index contributed by atoms with van der Waals surface area (Å²) in [5.74, 6) is 5.21. The molecular weight excluding hydrogens is 1550 g/mol. The van der Waals surface area contributed by atoms with Crippen LogP contribution in [0.4, 0.5) is 22.7 Å². The molecule has 3 aliphatic rings. The second-order valence-corrected chi connectivity index (χ2v) is 31.7. The summed E-state index contributed by atoms with van der Waals surface area (Å²) in [4.78, 5) is 63.3. The number of aryl methyl sites for hydroxylation is 7. The van der Waals surface area contributed by atoms with E-state index in [9.17, 15) is 24.3 Å². The van der Waals surface area contributed by atoms with Crippen molar-refractivity contribution in [3.63, 3.8) is 0 Å². The molecule has 8 aromatic carbocycles. The molecule has 600 valence electrons. The number of thiocarbonyl (C=S) groups is 2. The van der Waals surface area contributed by atoms with E-state index in [-0.39, 0.29) is 33.6 Å². The second-order valence-electron chi connectivity index (χ2n) is 28.6. The van der Waals surface area contributed by atoms with Gasteiger partial charge in [0.05, 0.1) is 35.5 Å². The van der Waals surface area contributed by atoms with Crippen LogP contribution in [0.5, 0.6) is 17.2 Å². The smallest absolute Gasteiger partial charge is 0.330 e. The number of rotatable bonds is 19. The number of para-hydroxylation sites is 1. The monoisotopic (exact) mass is 1640 g/mol. The number of aromatic nitrogens is 3. The number of aromatic hydroxyl groups is 1. The summed E-state index contributed by atoms with van der Waals surface area (Å²) < 4.78 is 26.4. The molecular formula is C93H94N10O10S4. The van der Waals surface area contributed by atoms with Crippen molar-refractivity contribution < 1.29 is 47.3 Å². The number of aliphatic imine (C=N–C) groups is 2. The third kappa shape index (κ3) is 22.9. The first-order valence-electron chi connectivity index (χ1n) is 38.3. The van der Waals surface area contributed by atoms with E-state index in [1.807, 2.05) is 185 Å². The highest BCUT2D eigenvalue weighted by molar-refractivity contribution is 8.16. The van der Waals surface area contributed by atoms with Crippen LogP contribution in [0.1, 0.15) is 141 Å². The number of amides is 2. The molecule has 6 heterocycles. The Labute approximate surface area is 701 Å². The van der Waals surface area contributed by atoms with Gasteiger partial charge in [0, 0.05) is 102 Å². The maximum absolute atomic E-state index is 12.5. The number of furan rings is 2. The largest absolute Gasteiger partial charge is 0.508 e. The number of nitrogens with zero attached hydrogens (tertiary/aromatic N) is 5. The minimum absolute atomic E-state index is 0.0771. The first-order valence-corrected chi connectivity index (χ1v) is 40.8. The third-order valence-electron chi connectivity index (χ3n) is 19.3. The van der Waals surface area contributed by atoms with Crippen molar-refractivity contribution in [1.82, 2.24) is 25.8 Å². The highest BCUT2D eigenvalue weighted by atomic mass is 32.2. The minimum atomic E-state index is -1.14. The third-order valence-corrected chi connectivity index (χ3v) is 21.9. The first kappa shape index (κ1) is 85.7. The van der Waals surface area contributed by atoms with Crippen LogP contribution in [0.3, 0.4) is 0 Å². The SMILES string of the molecule is CCC(=O)C1(SC2=Nc3ccccc3C2)CC(C)(C)OC1=O.CCc1ccc(-c2ccc(NC(=S)NC(=O)c3ccc(C)cc3)cc2)o1.CCc1ccc(-c2ccc(NC(=S)NC(=O)c3cccs3)cc2)o1.COc1ccc(CNc2cc(C)ccc2C)c(OC)c1.Cc1cc(C=NCc2nnc3c(n2)Cc2c(C)cccc2-3)ccc1O. The Hall–Kier alpha value is -12.2. The fourth-order valence-corrected chi connectivity index (χ4v) is 15.5. The van der Waals surface area contributed by atoms with Crippen LogP contribution in [0.2, 0.25) is 0 Å². The number of Topliss-reactive ketones (excluding diaryl/α,β-unsaturated/α-hetero) is 1. The number of thiophene rings is 1. The van der Waals surface area contributed by atoms with Crippen molar-refractivity contribution in [2.75, 3.05) is 30.2 Å². The summed E-state index contributed by atoms with van der Waals surface area (Å²) in [5, 5.41) is 36.2. The van der Waals surface area contributed by atoms with Crippen molar-refractivity contribution in [1.29, 1.82) is 0 Å². The maximum Gasteiger partial charge on any atom is 0.330 e. The molecule has 1 saturated heterocycles. The van der Waals surface area contributed by atoms with Crippen LogP contribution >= 0.6 is 47.5 Å². The van der Waals surface area contributed by atoms with Crippen LogP contribution in [0.15, 0.2) is 230 Å². The molecule has 2 aliphatic heterocycles. The number of ketones is 1. The predicted molar refractivity (Wildman–Crippen MR) is 477 cm³/mol. The molecule has 0 bridgehead atoms. The van der Waals surface area contributed by atoms with Crippen molar-refractivity contribution >= 4 is 115 Å². The quantitative estimate of drug-likeness (QED) is 0.0190. The highest BCUT2D eigenvalue weighted by Crippen LogP contribution is 2.47. The number of ether oxygens (including phenoxy) is 3. The molecule has 1 fully saturated rings. The van der Waals surface area contributed by atoms with Crippen LogP contribution < -0.4 is 36.1 Å². The number of phenols is 1. The fourth-order valence-electron chi connectivity index (χ4n) is 12.9. The zero-order valence-electron chi connectivity index (χ0n) is 67.4. The Morgan fingerprint density at radius 1 is 0.658 bits per heavy atom. The van der Waals surface area contributed by atoms with Crippen molar-refractivity contribution in [2.24, 2.45) is 9.98 Å². The average Bonchev–Trinajstić information content (AvgIpc) is 1.61. The summed E-state index contributed by atoms with van der Waals surface area (Å²) in [6, 6.07) is 66.0. The molecule has 117 heavy (non-hydrogen) atoms. The van der Waals surface area contributed by atoms with E-state index in [0.29, 0.717) is 42.1 Å². The number of benzene rings is 8. The van der Waals surface area contributed by atoms with E-state index in [0.717, 1.165) is 144 Å². The highest BCUT2D eigenvalue weighted by Gasteiger charge is 2.58. The number of phenolic OH excluding ortho intramolecular Hbond substituents is 1. The Morgan fingerprint density at radius 2 is 1.32 bits per heavy atom. The summed E-state index contributed by atoms with van der Waals surface area (Å²) in [5.41, 5.74) is 18.8. The standard InChI is InChI=1S/C21H20N2O2S.C20H18N4O.C18H16N2O2S2.C17H19NO3S.C17H21NO2/c1-3-18-12-13-19(25-18)15-8-10-17(11-9-15)22-21(26)23-20(24)16-6-4-14(2)5-7-16;1-12-4-3-5-15-16(12)9-17-20(15)24-23-19(22-17)11-21-10-14-6-7-18(25)13(2)8-14;1-2-14-9-10-15(22-14)12-5-7-13(8-6-12)19-18(23)20-17(21)16-4-3-11-24-16;1-4-13(19)17(10-16(2,3)21-15(17)20)22-14-9-11-7-5-6-8-12(11)18-14;1-12-5-6-13(2)16(9-12)18-11-14-7-8-15(19-3)10-17(14)20-4/h4-13H,3H2,1-2H3,(H2,22,23,24,26);3-8,10,25H,9,11H2,1-2H3;3-11H,2H2,1H3,(H2,19,20,21,23);5-8H,4,9-10H2,1-3H3;5-10,18H,11H2,1-4H3. The Morgan fingerprint density at radius 3 is 1.91 bits per heavy atom. The predicted octanol–water partition coefficient (Wildman–Crippen LogP) is 20.4. The van der Waals surface area contributed by atoms with Crippen LogP contribution in [-0.2, 0) is 53.1 Å². The number of carbonyl (C=O) groups excluding carboxylic acids is 4. The minimum Gasteiger partial charge on any atom is -0.508 e. The molecule has 0 radical (unpaired) electrons. The van der Waals surface area contributed by atoms with E-state index in [1.165, 1.54) is 45.4 Å². The molecule has 24 heteroatoms. The summed E-state index contributed by atoms with van der Waals surface area (Å²) in [6.07, 6.45) is 5.70. The number of esters is 1. The number of hydrogen-bond donors (Lipinski definition) is 6. The van der Waals surface area contributed by atoms with Crippen LogP contribution in [0, 0.1) is 34.6 Å². The lowest BCUT2D eigenvalue weighted by molar-refractivity contribution is -0.148. The summed E-state index contributed by atoms with van der Waals surface area (Å²) >= 11 is 13.1. The number of cyclic esters (lactones) is 1. The first-order chi connectivity index (χ1) is 56.3. The normalized spacial score (nSPS) is 13.6. The molecule has 6 N–H and O–H groups in total. The molecule has 20 nitrogen and oxygen atoms in total. The Balaban J connectivity index is 0.000000144. The van der Waals surface area contributed by atoms with Gasteiger partial charge in [-0.25, -0.2) is 9.98 Å². The molecule has 1 aliphatic carbocycles. The molecule has 2 amide bonds. The number of anilines is 3. The average molecular weight is 1640 g/mol. The number of methoxy groups -OCH3 is 2. The van der Waals surface area contributed by atoms with Gasteiger partial charge in [0.2, 0.25) is 0 Å². The van der Waals surface area contributed by atoms with Gasteiger partial charge in [-0.05, 0) is 251 Å². The van der Waals surface area contributed by atoms with Gasteiger partial charge < -0.3 is 44.1 Å². The van der Waals surface area contributed by atoms with Crippen molar-refractivity contribution in [2.45, 2.75) is 131 Å². The lowest BCUT2D eigenvalue weighted by Gasteiger charge is -2.23. The van der Waals surface area contributed by atoms with E-state index in [4.69, 9.17) is 47.5 Å². The maximum atomic E-state index is 12.5. The van der Waals surface area contributed by atoms with Crippen LogP contribution in [-0.4, -0.2) is 89.9 Å². The molecule has 4 aromatic heterocycles. The summed E-state index contributed by atoms with van der Waals surface area (Å²) in [7, 11) is 3.33. The van der Waals surface area contributed by atoms with Gasteiger partial charge in [0.25, 0.3) is 11.8 Å². The van der Waals surface area contributed by atoms with Gasteiger partial charge in [0.15, 0.2) is 26.6 Å².